The van der Waals surface area contributed by atoms with E-state index in [4.69, 9.17) is 4.99 Å². The lowest BCUT2D eigenvalue weighted by atomic mass is 9.90. The fraction of sp³-hybridized carbons (Fsp3) is 0.550. The molecular weight excluding hydrogens is 300 g/mol. The molecular formula is C20H26N2O2. The van der Waals surface area contributed by atoms with Crippen molar-refractivity contribution in [2.24, 2.45) is 10.9 Å². The lowest BCUT2D eigenvalue weighted by Crippen LogP contribution is -2.41. The molecule has 2 fully saturated rings. The van der Waals surface area contributed by atoms with E-state index in [2.05, 4.69) is 37.0 Å². The van der Waals surface area contributed by atoms with Crippen molar-refractivity contribution in [3.63, 3.8) is 0 Å². The van der Waals surface area contributed by atoms with Gasteiger partial charge in [0.15, 0.2) is 0 Å². The molecule has 3 aliphatic rings. The summed E-state index contributed by atoms with van der Waals surface area (Å²) in [5, 5.41) is 19.9. The molecule has 1 aromatic rings. The van der Waals surface area contributed by atoms with Crippen LogP contribution in [-0.4, -0.2) is 46.2 Å². The standard InChI is InChI=1S/C20H26N2O2/c1-12-6-16-8-14(15-9-18(23)19(24)10-15)11-20(22-4-3-5-22)21-17(16)7-13(12)2/h6-7,11,15,18-19,23-24H,3-5,8-10H2,1-2H3/t15?,18-,19+. The van der Waals surface area contributed by atoms with Gasteiger partial charge in [0.25, 0.3) is 0 Å². The molecule has 2 aliphatic heterocycles. The topological polar surface area (TPSA) is 56.1 Å². The number of likely N-dealkylation sites (tertiary alicyclic amines) is 1. The number of hydrogen-bond acceptors (Lipinski definition) is 4. The fourth-order valence-electron chi connectivity index (χ4n) is 3.96. The molecule has 3 atom stereocenters. The van der Waals surface area contributed by atoms with Gasteiger partial charge in [0.05, 0.1) is 17.9 Å². The van der Waals surface area contributed by atoms with Crippen LogP contribution in [0.25, 0.3) is 0 Å². The Morgan fingerprint density at radius 2 is 1.71 bits per heavy atom. The minimum Gasteiger partial charge on any atom is -0.390 e. The van der Waals surface area contributed by atoms with Crippen molar-refractivity contribution in [3.8, 4) is 0 Å². The highest BCUT2D eigenvalue weighted by Crippen LogP contribution is 2.38. The summed E-state index contributed by atoms with van der Waals surface area (Å²) in [4.78, 5) is 7.29. The van der Waals surface area contributed by atoms with Gasteiger partial charge in [-0.3, -0.25) is 0 Å². The molecule has 1 saturated carbocycles. The van der Waals surface area contributed by atoms with E-state index in [9.17, 15) is 10.2 Å². The van der Waals surface area contributed by atoms with Gasteiger partial charge in [-0.05, 0) is 74.3 Å². The summed E-state index contributed by atoms with van der Waals surface area (Å²) in [5.41, 5.74) is 6.21. The van der Waals surface area contributed by atoms with Crippen LogP contribution in [0.1, 0.15) is 36.0 Å². The highest BCUT2D eigenvalue weighted by Gasteiger charge is 2.34. The van der Waals surface area contributed by atoms with Crippen molar-refractivity contribution < 1.29 is 10.2 Å². The molecule has 0 spiro atoms. The van der Waals surface area contributed by atoms with E-state index >= 15 is 0 Å². The summed E-state index contributed by atoms with van der Waals surface area (Å²) in [7, 11) is 0. The molecule has 0 aromatic heterocycles. The van der Waals surface area contributed by atoms with Crippen LogP contribution < -0.4 is 0 Å². The van der Waals surface area contributed by atoms with Crippen molar-refractivity contribution in [3.05, 3.63) is 40.5 Å². The summed E-state index contributed by atoms with van der Waals surface area (Å²) in [6.07, 6.45) is 4.43. The lowest BCUT2D eigenvalue weighted by molar-refractivity contribution is 0.0438. The third-order valence-corrected chi connectivity index (χ3v) is 5.84. The number of allylic oxidation sites excluding steroid dienone is 1. The van der Waals surface area contributed by atoms with Gasteiger partial charge in [-0.25, -0.2) is 4.99 Å². The predicted molar refractivity (Wildman–Crippen MR) is 95.7 cm³/mol. The van der Waals surface area contributed by atoms with Crippen LogP contribution in [0.4, 0.5) is 5.69 Å². The maximum atomic E-state index is 9.96. The Morgan fingerprint density at radius 1 is 1.04 bits per heavy atom. The van der Waals surface area contributed by atoms with Crippen LogP contribution in [-0.2, 0) is 6.42 Å². The number of hydrogen-bond donors (Lipinski definition) is 2. The first-order valence-electron chi connectivity index (χ1n) is 9.01. The molecule has 0 radical (unpaired) electrons. The van der Waals surface area contributed by atoms with Gasteiger partial charge >= 0.3 is 0 Å². The molecule has 0 bridgehead atoms. The van der Waals surface area contributed by atoms with Crippen LogP contribution in [0.2, 0.25) is 0 Å². The number of rotatable bonds is 1. The molecule has 4 nitrogen and oxygen atoms in total. The van der Waals surface area contributed by atoms with Crippen molar-refractivity contribution in [2.45, 2.75) is 51.7 Å². The average molecular weight is 326 g/mol. The molecule has 2 heterocycles. The van der Waals surface area contributed by atoms with E-state index < -0.39 is 12.2 Å². The second-order valence-corrected chi connectivity index (χ2v) is 7.57. The Balaban J connectivity index is 1.73. The SMILES string of the molecule is Cc1cc2c(cc1C)N=C(N1CCC1)C=C(C1C[C@@H](O)[C@@H](O)C1)C2. The second kappa shape index (κ2) is 6.01. The molecule has 128 valence electrons. The first-order chi connectivity index (χ1) is 11.5. The molecule has 1 saturated heterocycles. The summed E-state index contributed by atoms with van der Waals surface area (Å²) in [5.74, 6) is 1.29. The van der Waals surface area contributed by atoms with Crippen molar-refractivity contribution in [2.75, 3.05) is 13.1 Å². The highest BCUT2D eigenvalue weighted by molar-refractivity contribution is 5.97. The van der Waals surface area contributed by atoms with E-state index in [1.54, 1.807) is 0 Å². The number of aryl methyl sites for hydroxylation is 2. The van der Waals surface area contributed by atoms with Gasteiger partial charge in [0.2, 0.25) is 0 Å². The maximum Gasteiger partial charge on any atom is 0.129 e. The number of fused-ring (bicyclic) bond motifs is 1. The highest BCUT2D eigenvalue weighted by atomic mass is 16.3. The van der Waals surface area contributed by atoms with E-state index in [-0.39, 0.29) is 5.92 Å². The Hall–Kier alpha value is -1.65. The Morgan fingerprint density at radius 3 is 2.33 bits per heavy atom. The maximum absolute atomic E-state index is 9.96. The zero-order chi connectivity index (χ0) is 16.8. The first-order valence-corrected chi connectivity index (χ1v) is 9.01. The molecule has 4 rings (SSSR count). The average Bonchev–Trinajstić information content (AvgIpc) is 2.70. The first kappa shape index (κ1) is 15.9. The van der Waals surface area contributed by atoms with Gasteiger partial charge in [-0.2, -0.15) is 0 Å². The van der Waals surface area contributed by atoms with E-state index in [0.717, 1.165) is 31.0 Å². The van der Waals surface area contributed by atoms with Crippen molar-refractivity contribution >= 4 is 11.5 Å². The van der Waals surface area contributed by atoms with Gasteiger partial charge < -0.3 is 15.1 Å². The summed E-state index contributed by atoms with van der Waals surface area (Å²) >= 11 is 0. The minimum atomic E-state index is -0.595. The Bertz CT molecular complexity index is 709. The number of aliphatic hydroxyl groups excluding tert-OH is 2. The number of aliphatic imine (C=N–C) groups is 1. The van der Waals surface area contributed by atoms with Gasteiger partial charge in [0.1, 0.15) is 5.84 Å². The van der Waals surface area contributed by atoms with Gasteiger partial charge in [-0.1, -0.05) is 11.6 Å². The zero-order valence-corrected chi connectivity index (χ0v) is 14.5. The molecule has 2 N–H and O–H groups in total. The minimum absolute atomic E-state index is 0.244. The third kappa shape index (κ3) is 2.78. The second-order valence-electron chi connectivity index (χ2n) is 7.57. The number of amidine groups is 1. The number of aliphatic hydroxyl groups is 2. The smallest absolute Gasteiger partial charge is 0.129 e. The lowest BCUT2D eigenvalue weighted by Gasteiger charge is -2.33. The predicted octanol–water partition coefficient (Wildman–Crippen LogP) is 2.65. The van der Waals surface area contributed by atoms with Gasteiger partial charge in [-0.15, -0.1) is 0 Å². The summed E-state index contributed by atoms with van der Waals surface area (Å²) in [6, 6.07) is 4.45. The third-order valence-electron chi connectivity index (χ3n) is 5.84. The Labute approximate surface area is 143 Å². The Kier molecular flexibility index (Phi) is 3.97. The van der Waals surface area contributed by atoms with E-state index in [0.29, 0.717) is 12.8 Å². The molecule has 24 heavy (non-hydrogen) atoms. The van der Waals surface area contributed by atoms with Crippen LogP contribution in [0.3, 0.4) is 0 Å². The summed E-state index contributed by atoms with van der Waals surface area (Å²) in [6.45, 7) is 6.42. The summed E-state index contributed by atoms with van der Waals surface area (Å²) < 4.78 is 0. The zero-order valence-electron chi connectivity index (χ0n) is 14.5. The molecule has 1 unspecified atom stereocenters. The quantitative estimate of drug-likeness (QED) is 0.834. The van der Waals surface area contributed by atoms with Gasteiger partial charge in [0, 0.05) is 13.1 Å². The van der Waals surface area contributed by atoms with Crippen LogP contribution >= 0.6 is 0 Å². The number of nitrogens with zero attached hydrogens (tertiary/aromatic N) is 2. The normalized spacial score (nSPS) is 29.5. The van der Waals surface area contributed by atoms with Crippen molar-refractivity contribution in [1.29, 1.82) is 0 Å². The van der Waals surface area contributed by atoms with Crippen LogP contribution in [0.5, 0.6) is 0 Å². The largest absolute Gasteiger partial charge is 0.390 e. The van der Waals surface area contributed by atoms with Crippen LogP contribution in [0, 0.1) is 19.8 Å². The fourth-order valence-corrected chi connectivity index (χ4v) is 3.96. The molecule has 1 aliphatic carbocycles. The monoisotopic (exact) mass is 326 g/mol. The van der Waals surface area contributed by atoms with Crippen molar-refractivity contribution in [1.82, 2.24) is 4.90 Å². The van der Waals surface area contributed by atoms with E-state index in [1.807, 2.05) is 0 Å². The molecule has 4 heteroatoms. The number of benzene rings is 1. The van der Waals surface area contributed by atoms with E-state index in [1.165, 1.54) is 28.7 Å². The molecule has 1 aromatic carbocycles. The van der Waals surface area contributed by atoms with Crippen LogP contribution in [0.15, 0.2) is 28.8 Å². The molecule has 0 amide bonds.